The number of hydrogen-bond donors (Lipinski definition) is 1. The fraction of sp³-hybridized carbons (Fsp3) is 0.308. The number of nitrogens with one attached hydrogen (secondary N) is 1. The molecule has 2 atom stereocenters. The summed E-state index contributed by atoms with van der Waals surface area (Å²) >= 11 is 1.62. The summed E-state index contributed by atoms with van der Waals surface area (Å²) < 4.78 is 13.1. The summed E-state index contributed by atoms with van der Waals surface area (Å²) in [4.78, 5) is 5.24. The lowest BCUT2D eigenvalue weighted by atomic mass is 10.1. The van der Waals surface area contributed by atoms with E-state index in [2.05, 4.69) is 17.2 Å². The van der Waals surface area contributed by atoms with E-state index in [1.54, 1.807) is 23.5 Å². The standard InChI is InChI=1S/C13H15FN2S/c1-9(11-4-3-5-12(14)6-11)16-10(2)13-7-15-8-17-13/h3-10,16H,1-2H3. The molecule has 0 fully saturated rings. The molecule has 2 nitrogen and oxygen atoms in total. The van der Waals surface area contributed by atoms with Gasteiger partial charge in [-0.1, -0.05) is 12.1 Å². The van der Waals surface area contributed by atoms with E-state index in [0.717, 1.165) is 5.56 Å². The Labute approximate surface area is 105 Å². The molecule has 0 aliphatic heterocycles. The van der Waals surface area contributed by atoms with Crippen LogP contribution >= 0.6 is 11.3 Å². The molecule has 1 aromatic carbocycles. The number of benzene rings is 1. The highest BCUT2D eigenvalue weighted by molar-refractivity contribution is 7.09. The number of thiazole rings is 1. The zero-order chi connectivity index (χ0) is 12.3. The van der Waals surface area contributed by atoms with E-state index >= 15 is 0 Å². The normalized spacial score (nSPS) is 14.5. The molecular weight excluding hydrogens is 235 g/mol. The van der Waals surface area contributed by atoms with Crippen molar-refractivity contribution in [2.45, 2.75) is 25.9 Å². The van der Waals surface area contributed by atoms with Gasteiger partial charge in [-0.05, 0) is 31.5 Å². The lowest BCUT2D eigenvalue weighted by Crippen LogP contribution is -2.21. The molecule has 90 valence electrons. The van der Waals surface area contributed by atoms with Gasteiger partial charge >= 0.3 is 0 Å². The van der Waals surface area contributed by atoms with Crippen molar-refractivity contribution in [2.75, 3.05) is 0 Å². The molecule has 1 heterocycles. The Morgan fingerprint density at radius 2 is 2.12 bits per heavy atom. The summed E-state index contributed by atoms with van der Waals surface area (Å²) in [5.74, 6) is -0.193. The topological polar surface area (TPSA) is 24.9 Å². The summed E-state index contributed by atoms with van der Waals surface area (Å²) in [6.45, 7) is 4.12. The van der Waals surface area contributed by atoms with E-state index in [-0.39, 0.29) is 17.9 Å². The SMILES string of the molecule is CC(NC(C)c1cncs1)c1cccc(F)c1. The minimum absolute atomic E-state index is 0.114. The zero-order valence-electron chi connectivity index (χ0n) is 9.85. The van der Waals surface area contributed by atoms with Gasteiger partial charge in [0.25, 0.3) is 0 Å². The van der Waals surface area contributed by atoms with Crippen molar-refractivity contribution in [3.8, 4) is 0 Å². The lowest BCUT2D eigenvalue weighted by molar-refractivity contribution is 0.496. The van der Waals surface area contributed by atoms with Gasteiger partial charge in [-0.3, -0.25) is 4.98 Å². The Kier molecular flexibility index (Phi) is 3.86. The molecule has 1 N–H and O–H groups in total. The molecule has 4 heteroatoms. The summed E-state index contributed by atoms with van der Waals surface area (Å²) in [5.41, 5.74) is 2.78. The van der Waals surface area contributed by atoms with Gasteiger partial charge in [0.05, 0.1) is 5.51 Å². The van der Waals surface area contributed by atoms with Crippen LogP contribution in [0.2, 0.25) is 0 Å². The van der Waals surface area contributed by atoms with Crippen LogP contribution in [0, 0.1) is 5.82 Å². The maximum absolute atomic E-state index is 13.1. The van der Waals surface area contributed by atoms with E-state index in [1.165, 1.54) is 10.9 Å². The van der Waals surface area contributed by atoms with E-state index in [1.807, 2.05) is 24.7 Å². The highest BCUT2D eigenvalue weighted by Gasteiger charge is 2.12. The van der Waals surface area contributed by atoms with Gasteiger partial charge in [0.1, 0.15) is 5.82 Å². The van der Waals surface area contributed by atoms with Crippen molar-refractivity contribution in [1.29, 1.82) is 0 Å². The van der Waals surface area contributed by atoms with Crippen LogP contribution in [0.25, 0.3) is 0 Å². The van der Waals surface area contributed by atoms with Crippen molar-refractivity contribution >= 4 is 11.3 Å². The number of halogens is 1. The monoisotopic (exact) mass is 250 g/mol. The van der Waals surface area contributed by atoms with Gasteiger partial charge < -0.3 is 5.32 Å². The summed E-state index contributed by atoms with van der Waals surface area (Å²) in [5, 5.41) is 3.43. The van der Waals surface area contributed by atoms with Crippen molar-refractivity contribution in [3.05, 3.63) is 52.2 Å². The van der Waals surface area contributed by atoms with Crippen LogP contribution in [0.4, 0.5) is 4.39 Å². The Morgan fingerprint density at radius 3 is 2.76 bits per heavy atom. The van der Waals surface area contributed by atoms with Gasteiger partial charge in [0.15, 0.2) is 0 Å². The second kappa shape index (κ2) is 5.38. The zero-order valence-corrected chi connectivity index (χ0v) is 10.7. The van der Waals surface area contributed by atoms with Crippen LogP contribution in [0.15, 0.2) is 36.0 Å². The highest BCUT2D eigenvalue weighted by atomic mass is 32.1. The molecule has 0 saturated carbocycles. The van der Waals surface area contributed by atoms with Crippen molar-refractivity contribution < 1.29 is 4.39 Å². The van der Waals surface area contributed by atoms with Crippen LogP contribution in [-0.2, 0) is 0 Å². The molecule has 0 bridgehead atoms. The molecule has 0 saturated heterocycles. The largest absolute Gasteiger partial charge is 0.303 e. The quantitative estimate of drug-likeness (QED) is 0.895. The first kappa shape index (κ1) is 12.2. The van der Waals surface area contributed by atoms with Gasteiger partial charge in [0, 0.05) is 23.2 Å². The number of nitrogens with zero attached hydrogens (tertiary/aromatic N) is 1. The third-order valence-corrected chi connectivity index (χ3v) is 3.69. The van der Waals surface area contributed by atoms with E-state index in [0.29, 0.717) is 0 Å². The molecule has 2 aromatic rings. The maximum atomic E-state index is 13.1. The predicted octanol–water partition coefficient (Wildman–Crippen LogP) is 3.69. The first-order chi connectivity index (χ1) is 8.16. The third kappa shape index (κ3) is 3.11. The van der Waals surface area contributed by atoms with Crippen LogP contribution in [0.1, 0.15) is 36.4 Å². The van der Waals surface area contributed by atoms with Gasteiger partial charge in [-0.25, -0.2) is 4.39 Å². The first-order valence-electron chi connectivity index (χ1n) is 5.56. The Morgan fingerprint density at radius 1 is 1.29 bits per heavy atom. The molecule has 0 aliphatic carbocycles. The molecule has 1 aromatic heterocycles. The second-order valence-corrected chi connectivity index (χ2v) is 4.99. The lowest BCUT2D eigenvalue weighted by Gasteiger charge is -2.19. The second-order valence-electron chi connectivity index (χ2n) is 4.07. The molecule has 2 unspecified atom stereocenters. The van der Waals surface area contributed by atoms with E-state index < -0.39 is 0 Å². The molecule has 0 radical (unpaired) electrons. The predicted molar refractivity (Wildman–Crippen MR) is 68.5 cm³/mol. The minimum Gasteiger partial charge on any atom is -0.303 e. The summed E-state index contributed by atoms with van der Waals surface area (Å²) in [6, 6.07) is 7.03. The molecule has 0 spiro atoms. The van der Waals surface area contributed by atoms with Gasteiger partial charge in [0.2, 0.25) is 0 Å². The first-order valence-corrected chi connectivity index (χ1v) is 6.44. The average molecular weight is 250 g/mol. The smallest absolute Gasteiger partial charge is 0.123 e. The fourth-order valence-electron chi connectivity index (χ4n) is 1.77. The number of rotatable bonds is 4. The third-order valence-electron chi connectivity index (χ3n) is 2.73. The molecule has 17 heavy (non-hydrogen) atoms. The van der Waals surface area contributed by atoms with E-state index in [4.69, 9.17) is 0 Å². The summed E-state index contributed by atoms with van der Waals surface area (Å²) in [6.07, 6.45) is 1.86. The van der Waals surface area contributed by atoms with Crippen LogP contribution < -0.4 is 5.32 Å². The van der Waals surface area contributed by atoms with Crippen molar-refractivity contribution in [1.82, 2.24) is 10.3 Å². The molecular formula is C13H15FN2S. The number of aromatic nitrogens is 1. The summed E-state index contributed by atoms with van der Waals surface area (Å²) in [7, 11) is 0. The van der Waals surface area contributed by atoms with Crippen LogP contribution in [0.3, 0.4) is 0 Å². The Bertz CT molecular complexity index is 470. The van der Waals surface area contributed by atoms with Crippen LogP contribution in [0.5, 0.6) is 0 Å². The number of hydrogen-bond acceptors (Lipinski definition) is 3. The highest BCUT2D eigenvalue weighted by Crippen LogP contribution is 2.21. The molecule has 2 rings (SSSR count). The fourth-order valence-corrected chi connectivity index (χ4v) is 2.41. The molecule has 0 aliphatic rings. The van der Waals surface area contributed by atoms with Crippen LogP contribution in [-0.4, -0.2) is 4.98 Å². The Balaban J connectivity index is 2.04. The Hall–Kier alpha value is -1.26. The van der Waals surface area contributed by atoms with Gasteiger partial charge in [-0.15, -0.1) is 11.3 Å². The minimum atomic E-state index is -0.193. The average Bonchev–Trinajstić information content (AvgIpc) is 2.82. The maximum Gasteiger partial charge on any atom is 0.123 e. The van der Waals surface area contributed by atoms with Gasteiger partial charge in [-0.2, -0.15) is 0 Å². The van der Waals surface area contributed by atoms with Crippen molar-refractivity contribution in [2.24, 2.45) is 0 Å². The van der Waals surface area contributed by atoms with E-state index in [9.17, 15) is 4.39 Å². The van der Waals surface area contributed by atoms with Crippen molar-refractivity contribution in [3.63, 3.8) is 0 Å². The molecule has 0 amide bonds.